The molecule has 1 aromatic carbocycles. The Hall–Kier alpha value is -2.36. The SMILES string of the molecule is Cc1ccnc(NC(=O)Nc2ccc(C)c(C)c2)c1. The maximum atomic E-state index is 11.8. The van der Waals surface area contributed by atoms with Crippen LogP contribution in [0.4, 0.5) is 16.3 Å². The lowest BCUT2D eigenvalue weighted by atomic mass is 10.1. The van der Waals surface area contributed by atoms with Crippen LogP contribution in [-0.2, 0) is 0 Å². The van der Waals surface area contributed by atoms with Crippen molar-refractivity contribution in [3.05, 3.63) is 53.2 Å². The molecule has 0 radical (unpaired) electrons. The molecule has 1 heterocycles. The molecule has 0 saturated carbocycles. The first-order chi connectivity index (χ1) is 9.04. The number of carbonyl (C=O) groups is 1. The van der Waals surface area contributed by atoms with Crippen LogP contribution in [0.2, 0.25) is 0 Å². The average molecular weight is 255 g/mol. The summed E-state index contributed by atoms with van der Waals surface area (Å²) in [6, 6.07) is 9.22. The van der Waals surface area contributed by atoms with Crippen LogP contribution in [0.25, 0.3) is 0 Å². The molecule has 4 nitrogen and oxygen atoms in total. The molecular formula is C15H17N3O. The third-order valence-corrected chi connectivity index (χ3v) is 2.92. The summed E-state index contributed by atoms with van der Waals surface area (Å²) in [5.74, 6) is 0.543. The number of aromatic nitrogens is 1. The van der Waals surface area contributed by atoms with Gasteiger partial charge < -0.3 is 5.32 Å². The van der Waals surface area contributed by atoms with E-state index in [9.17, 15) is 4.79 Å². The van der Waals surface area contributed by atoms with Crippen molar-refractivity contribution in [3.8, 4) is 0 Å². The number of benzene rings is 1. The van der Waals surface area contributed by atoms with E-state index in [2.05, 4.69) is 15.6 Å². The van der Waals surface area contributed by atoms with Crippen molar-refractivity contribution in [1.29, 1.82) is 0 Å². The summed E-state index contributed by atoms with van der Waals surface area (Å²) in [5, 5.41) is 5.49. The molecule has 19 heavy (non-hydrogen) atoms. The number of urea groups is 1. The number of nitrogens with one attached hydrogen (secondary N) is 2. The highest BCUT2D eigenvalue weighted by Crippen LogP contribution is 2.14. The van der Waals surface area contributed by atoms with Gasteiger partial charge in [-0.25, -0.2) is 9.78 Å². The van der Waals surface area contributed by atoms with Crippen molar-refractivity contribution in [2.24, 2.45) is 0 Å². The molecule has 2 N–H and O–H groups in total. The molecule has 0 fully saturated rings. The summed E-state index contributed by atoms with van der Waals surface area (Å²) >= 11 is 0. The van der Waals surface area contributed by atoms with Gasteiger partial charge in [0.2, 0.25) is 0 Å². The number of hydrogen-bond donors (Lipinski definition) is 2. The second kappa shape index (κ2) is 5.52. The van der Waals surface area contributed by atoms with Crippen molar-refractivity contribution < 1.29 is 4.79 Å². The van der Waals surface area contributed by atoms with E-state index in [0.29, 0.717) is 5.82 Å². The fourth-order valence-electron chi connectivity index (χ4n) is 1.70. The lowest BCUT2D eigenvalue weighted by molar-refractivity contribution is 0.262. The summed E-state index contributed by atoms with van der Waals surface area (Å²) < 4.78 is 0. The largest absolute Gasteiger partial charge is 0.324 e. The van der Waals surface area contributed by atoms with Crippen molar-refractivity contribution in [2.45, 2.75) is 20.8 Å². The zero-order valence-corrected chi connectivity index (χ0v) is 11.3. The molecule has 0 aliphatic heterocycles. The van der Waals surface area contributed by atoms with E-state index in [1.54, 1.807) is 6.20 Å². The Labute approximate surface area is 112 Å². The molecule has 0 bridgehead atoms. The van der Waals surface area contributed by atoms with Gasteiger partial charge in [-0.1, -0.05) is 6.07 Å². The zero-order chi connectivity index (χ0) is 13.8. The molecule has 0 saturated heterocycles. The topological polar surface area (TPSA) is 54.0 Å². The highest BCUT2D eigenvalue weighted by Gasteiger charge is 2.04. The van der Waals surface area contributed by atoms with Crippen LogP contribution in [0, 0.1) is 20.8 Å². The van der Waals surface area contributed by atoms with Gasteiger partial charge in [-0.2, -0.15) is 0 Å². The smallest absolute Gasteiger partial charge is 0.308 e. The third-order valence-electron chi connectivity index (χ3n) is 2.92. The molecule has 2 amide bonds. The summed E-state index contributed by atoms with van der Waals surface area (Å²) in [6.45, 7) is 6.00. The number of carbonyl (C=O) groups excluding carboxylic acids is 1. The normalized spacial score (nSPS) is 10.1. The number of anilines is 2. The first-order valence-electron chi connectivity index (χ1n) is 6.12. The Kier molecular flexibility index (Phi) is 3.80. The molecular weight excluding hydrogens is 238 g/mol. The van der Waals surface area contributed by atoms with Crippen LogP contribution in [-0.4, -0.2) is 11.0 Å². The monoisotopic (exact) mass is 255 g/mol. The first-order valence-corrected chi connectivity index (χ1v) is 6.12. The van der Waals surface area contributed by atoms with E-state index in [1.807, 2.05) is 51.1 Å². The molecule has 0 aliphatic carbocycles. The molecule has 0 aliphatic rings. The second-order valence-corrected chi connectivity index (χ2v) is 4.60. The van der Waals surface area contributed by atoms with Gasteiger partial charge in [0.25, 0.3) is 0 Å². The number of amides is 2. The fraction of sp³-hybridized carbons (Fsp3) is 0.200. The summed E-state index contributed by atoms with van der Waals surface area (Å²) in [5.41, 5.74) is 4.17. The van der Waals surface area contributed by atoms with E-state index in [4.69, 9.17) is 0 Å². The predicted molar refractivity (Wildman–Crippen MR) is 77.5 cm³/mol. The van der Waals surface area contributed by atoms with Gasteiger partial charge in [-0.3, -0.25) is 5.32 Å². The number of rotatable bonds is 2. The Morgan fingerprint density at radius 2 is 1.79 bits per heavy atom. The molecule has 0 spiro atoms. The van der Waals surface area contributed by atoms with E-state index >= 15 is 0 Å². The van der Waals surface area contributed by atoms with Crippen LogP contribution in [0.15, 0.2) is 36.5 Å². The van der Waals surface area contributed by atoms with E-state index in [0.717, 1.165) is 16.8 Å². The van der Waals surface area contributed by atoms with Gasteiger partial charge in [0, 0.05) is 11.9 Å². The Morgan fingerprint density at radius 3 is 2.47 bits per heavy atom. The van der Waals surface area contributed by atoms with Gasteiger partial charge in [0.05, 0.1) is 0 Å². The van der Waals surface area contributed by atoms with Crippen LogP contribution in [0.3, 0.4) is 0 Å². The van der Waals surface area contributed by atoms with Gasteiger partial charge in [0.15, 0.2) is 0 Å². The molecule has 0 unspecified atom stereocenters. The second-order valence-electron chi connectivity index (χ2n) is 4.60. The van der Waals surface area contributed by atoms with Crippen LogP contribution in [0.5, 0.6) is 0 Å². The quantitative estimate of drug-likeness (QED) is 0.860. The lowest BCUT2D eigenvalue weighted by Crippen LogP contribution is -2.20. The van der Waals surface area contributed by atoms with E-state index in [-0.39, 0.29) is 6.03 Å². The number of hydrogen-bond acceptors (Lipinski definition) is 2. The minimum absolute atomic E-state index is 0.290. The third kappa shape index (κ3) is 3.55. The van der Waals surface area contributed by atoms with E-state index in [1.165, 1.54) is 5.56 Å². The lowest BCUT2D eigenvalue weighted by Gasteiger charge is -2.09. The minimum atomic E-state index is -0.290. The molecule has 4 heteroatoms. The van der Waals surface area contributed by atoms with Gasteiger partial charge in [0.1, 0.15) is 5.82 Å². The number of aryl methyl sites for hydroxylation is 3. The van der Waals surface area contributed by atoms with Crippen molar-refractivity contribution in [1.82, 2.24) is 4.98 Å². The van der Waals surface area contributed by atoms with Gasteiger partial charge in [-0.15, -0.1) is 0 Å². The number of nitrogens with zero attached hydrogens (tertiary/aromatic N) is 1. The summed E-state index contributed by atoms with van der Waals surface area (Å²) in [4.78, 5) is 15.9. The maximum Gasteiger partial charge on any atom is 0.324 e. The standard InChI is InChI=1S/C15H17N3O/c1-10-6-7-16-14(8-10)18-15(19)17-13-5-4-11(2)12(3)9-13/h4-9H,1-3H3,(H2,16,17,18,19). The highest BCUT2D eigenvalue weighted by atomic mass is 16.2. The molecule has 0 atom stereocenters. The van der Waals surface area contributed by atoms with Gasteiger partial charge in [-0.05, 0) is 61.7 Å². The Bertz CT molecular complexity index is 608. The molecule has 1 aromatic heterocycles. The molecule has 2 rings (SSSR count). The Morgan fingerprint density at radius 1 is 1.00 bits per heavy atom. The van der Waals surface area contributed by atoms with Crippen molar-refractivity contribution in [2.75, 3.05) is 10.6 Å². The number of pyridine rings is 1. The van der Waals surface area contributed by atoms with Crippen LogP contribution < -0.4 is 10.6 Å². The van der Waals surface area contributed by atoms with Crippen LogP contribution in [0.1, 0.15) is 16.7 Å². The molecule has 98 valence electrons. The minimum Gasteiger partial charge on any atom is -0.308 e. The fourth-order valence-corrected chi connectivity index (χ4v) is 1.70. The average Bonchev–Trinajstić information content (AvgIpc) is 2.34. The molecule has 2 aromatic rings. The van der Waals surface area contributed by atoms with Crippen LogP contribution >= 0.6 is 0 Å². The first kappa shape index (κ1) is 13.1. The predicted octanol–water partition coefficient (Wildman–Crippen LogP) is 3.65. The van der Waals surface area contributed by atoms with Crippen molar-refractivity contribution in [3.63, 3.8) is 0 Å². The summed E-state index contributed by atoms with van der Waals surface area (Å²) in [6.07, 6.45) is 1.67. The van der Waals surface area contributed by atoms with E-state index < -0.39 is 0 Å². The van der Waals surface area contributed by atoms with Gasteiger partial charge >= 0.3 is 6.03 Å². The Balaban J connectivity index is 2.03. The maximum absolute atomic E-state index is 11.8. The highest BCUT2D eigenvalue weighted by molar-refractivity contribution is 5.99. The van der Waals surface area contributed by atoms with Crippen molar-refractivity contribution >= 4 is 17.5 Å². The zero-order valence-electron chi connectivity index (χ0n) is 11.3. The summed E-state index contributed by atoms with van der Waals surface area (Å²) in [7, 11) is 0.